The summed E-state index contributed by atoms with van der Waals surface area (Å²) in [5.74, 6) is -0.824. The molecule has 1 rings (SSSR count). The summed E-state index contributed by atoms with van der Waals surface area (Å²) in [5.41, 5.74) is 6.86. The van der Waals surface area contributed by atoms with E-state index in [0.717, 1.165) is 12.0 Å². The SMILES string of the molecule is CCC.COC(=O)CNC(=O)C(N)CCc1ccccc1. The van der Waals surface area contributed by atoms with Gasteiger partial charge in [0.25, 0.3) is 0 Å². The Hall–Kier alpha value is -1.88. The molecule has 0 aliphatic carbocycles. The fraction of sp³-hybridized carbons (Fsp3) is 0.500. The van der Waals surface area contributed by atoms with Crippen molar-refractivity contribution in [2.24, 2.45) is 5.73 Å². The van der Waals surface area contributed by atoms with Crippen LogP contribution in [0, 0.1) is 0 Å². The predicted octanol–water partition coefficient (Wildman–Crippen LogP) is 1.65. The van der Waals surface area contributed by atoms with Crippen molar-refractivity contribution >= 4 is 11.9 Å². The first-order valence-corrected chi connectivity index (χ1v) is 7.19. The summed E-state index contributed by atoms with van der Waals surface area (Å²) in [4.78, 5) is 22.4. The van der Waals surface area contributed by atoms with E-state index in [2.05, 4.69) is 23.9 Å². The molecule has 5 heteroatoms. The number of esters is 1. The zero-order chi connectivity index (χ0) is 16.1. The molecule has 0 spiro atoms. The molecule has 0 radical (unpaired) electrons. The number of nitrogens with two attached hydrogens (primary N) is 1. The second-order valence-corrected chi connectivity index (χ2v) is 4.63. The molecular weight excluding hydrogens is 268 g/mol. The lowest BCUT2D eigenvalue weighted by Gasteiger charge is -2.11. The number of hydrogen-bond acceptors (Lipinski definition) is 4. The molecule has 0 aromatic heterocycles. The number of ether oxygens (including phenoxy) is 1. The molecule has 1 amide bonds. The van der Waals surface area contributed by atoms with Gasteiger partial charge in [0.2, 0.25) is 5.91 Å². The van der Waals surface area contributed by atoms with Crippen molar-refractivity contribution < 1.29 is 14.3 Å². The minimum atomic E-state index is -0.616. The number of hydrogen-bond donors (Lipinski definition) is 2. The third kappa shape index (κ3) is 9.62. The van der Waals surface area contributed by atoms with Gasteiger partial charge in [-0.25, -0.2) is 0 Å². The van der Waals surface area contributed by atoms with E-state index in [4.69, 9.17) is 5.73 Å². The molecule has 1 atom stereocenters. The van der Waals surface area contributed by atoms with Crippen LogP contribution in [0.3, 0.4) is 0 Å². The summed E-state index contributed by atoms with van der Waals surface area (Å²) in [6.45, 7) is 4.11. The molecule has 3 N–H and O–H groups in total. The highest BCUT2D eigenvalue weighted by atomic mass is 16.5. The van der Waals surface area contributed by atoms with Gasteiger partial charge in [0.05, 0.1) is 13.2 Å². The van der Waals surface area contributed by atoms with Crippen molar-refractivity contribution in [3.05, 3.63) is 35.9 Å². The zero-order valence-electron chi connectivity index (χ0n) is 13.1. The van der Waals surface area contributed by atoms with E-state index in [1.54, 1.807) is 0 Å². The summed E-state index contributed by atoms with van der Waals surface area (Å²) >= 11 is 0. The number of nitrogens with one attached hydrogen (secondary N) is 1. The average Bonchev–Trinajstić information content (AvgIpc) is 2.51. The molecule has 0 bridgehead atoms. The predicted molar refractivity (Wildman–Crippen MR) is 83.7 cm³/mol. The lowest BCUT2D eigenvalue weighted by Crippen LogP contribution is -2.43. The Morgan fingerprint density at radius 2 is 1.81 bits per heavy atom. The van der Waals surface area contributed by atoms with Crippen LogP contribution in [0.4, 0.5) is 0 Å². The second-order valence-electron chi connectivity index (χ2n) is 4.63. The first-order chi connectivity index (χ1) is 10.0. The van der Waals surface area contributed by atoms with E-state index in [1.165, 1.54) is 13.5 Å². The summed E-state index contributed by atoms with van der Waals surface area (Å²) in [7, 11) is 1.27. The first kappa shape index (κ1) is 19.1. The molecule has 0 aliphatic heterocycles. The number of amides is 1. The second kappa shape index (κ2) is 11.9. The number of methoxy groups -OCH3 is 1. The molecule has 0 fully saturated rings. The molecule has 0 heterocycles. The van der Waals surface area contributed by atoms with Gasteiger partial charge in [-0.3, -0.25) is 9.59 Å². The monoisotopic (exact) mass is 294 g/mol. The molecule has 1 aromatic rings. The van der Waals surface area contributed by atoms with Crippen LogP contribution in [0.2, 0.25) is 0 Å². The van der Waals surface area contributed by atoms with Crippen molar-refractivity contribution in [2.75, 3.05) is 13.7 Å². The smallest absolute Gasteiger partial charge is 0.325 e. The van der Waals surface area contributed by atoms with Crippen LogP contribution in [0.15, 0.2) is 30.3 Å². The number of carbonyl (C=O) groups excluding carboxylic acids is 2. The normalized spacial score (nSPS) is 10.9. The molecule has 21 heavy (non-hydrogen) atoms. The quantitative estimate of drug-likeness (QED) is 0.782. The van der Waals surface area contributed by atoms with Gasteiger partial charge in [-0.1, -0.05) is 50.6 Å². The zero-order valence-corrected chi connectivity index (χ0v) is 13.1. The Morgan fingerprint density at radius 3 is 2.33 bits per heavy atom. The maximum absolute atomic E-state index is 11.5. The minimum absolute atomic E-state index is 0.144. The number of rotatable bonds is 6. The topological polar surface area (TPSA) is 81.4 Å². The Labute approximate surface area is 126 Å². The highest BCUT2D eigenvalue weighted by molar-refractivity contribution is 5.85. The standard InChI is InChI=1S/C13H18N2O3.C3H8/c1-18-12(16)9-15-13(17)11(14)8-7-10-5-3-2-4-6-10;1-3-2/h2-6,11H,7-9,14H2,1H3,(H,15,17);3H2,1-2H3. The minimum Gasteiger partial charge on any atom is -0.468 e. The van der Waals surface area contributed by atoms with E-state index in [1.807, 2.05) is 30.3 Å². The Bertz CT molecular complexity index is 407. The van der Waals surface area contributed by atoms with E-state index in [0.29, 0.717) is 6.42 Å². The van der Waals surface area contributed by atoms with Crippen LogP contribution in [-0.4, -0.2) is 31.6 Å². The van der Waals surface area contributed by atoms with Gasteiger partial charge in [0.15, 0.2) is 0 Å². The summed E-state index contributed by atoms with van der Waals surface area (Å²) in [5, 5.41) is 2.43. The van der Waals surface area contributed by atoms with Gasteiger partial charge in [-0.15, -0.1) is 0 Å². The fourth-order valence-electron chi connectivity index (χ4n) is 1.46. The third-order valence-corrected chi connectivity index (χ3v) is 2.56. The molecule has 118 valence electrons. The summed E-state index contributed by atoms with van der Waals surface area (Å²) in [6, 6.07) is 9.18. The molecule has 1 unspecified atom stereocenters. The lowest BCUT2D eigenvalue weighted by atomic mass is 10.1. The Balaban J connectivity index is 0.00000122. The maximum atomic E-state index is 11.5. The van der Waals surface area contributed by atoms with Gasteiger partial charge in [-0.2, -0.15) is 0 Å². The van der Waals surface area contributed by atoms with Crippen molar-refractivity contribution in [1.29, 1.82) is 0 Å². The van der Waals surface area contributed by atoms with Crippen molar-refractivity contribution in [2.45, 2.75) is 39.2 Å². The Morgan fingerprint density at radius 1 is 1.24 bits per heavy atom. The molecule has 0 saturated heterocycles. The van der Waals surface area contributed by atoms with E-state index in [9.17, 15) is 9.59 Å². The average molecular weight is 294 g/mol. The van der Waals surface area contributed by atoms with Gasteiger partial charge in [-0.05, 0) is 18.4 Å². The fourth-order valence-corrected chi connectivity index (χ4v) is 1.46. The van der Waals surface area contributed by atoms with Gasteiger partial charge < -0.3 is 15.8 Å². The molecule has 0 saturated carbocycles. The molecule has 0 aliphatic rings. The van der Waals surface area contributed by atoms with Gasteiger partial charge in [0, 0.05) is 0 Å². The van der Waals surface area contributed by atoms with E-state index < -0.39 is 12.0 Å². The highest BCUT2D eigenvalue weighted by Gasteiger charge is 2.14. The van der Waals surface area contributed by atoms with Crippen LogP contribution in [-0.2, 0) is 20.7 Å². The molecule has 1 aromatic carbocycles. The first-order valence-electron chi connectivity index (χ1n) is 7.19. The van der Waals surface area contributed by atoms with Gasteiger partial charge >= 0.3 is 5.97 Å². The van der Waals surface area contributed by atoms with Crippen molar-refractivity contribution in [3.8, 4) is 0 Å². The number of carbonyl (C=O) groups is 2. The largest absolute Gasteiger partial charge is 0.468 e. The van der Waals surface area contributed by atoms with Crippen LogP contribution < -0.4 is 11.1 Å². The Kier molecular flexibility index (Phi) is 10.8. The van der Waals surface area contributed by atoms with Crippen LogP contribution >= 0.6 is 0 Å². The van der Waals surface area contributed by atoms with Crippen LogP contribution in [0.1, 0.15) is 32.3 Å². The third-order valence-electron chi connectivity index (χ3n) is 2.56. The van der Waals surface area contributed by atoms with E-state index in [-0.39, 0.29) is 12.5 Å². The molecule has 5 nitrogen and oxygen atoms in total. The number of benzene rings is 1. The maximum Gasteiger partial charge on any atom is 0.325 e. The lowest BCUT2D eigenvalue weighted by molar-refractivity contribution is -0.141. The van der Waals surface area contributed by atoms with Crippen molar-refractivity contribution in [3.63, 3.8) is 0 Å². The summed E-state index contributed by atoms with van der Waals surface area (Å²) < 4.78 is 4.42. The number of aryl methyl sites for hydroxylation is 1. The van der Waals surface area contributed by atoms with Crippen LogP contribution in [0.25, 0.3) is 0 Å². The van der Waals surface area contributed by atoms with Gasteiger partial charge in [0.1, 0.15) is 6.54 Å². The van der Waals surface area contributed by atoms with E-state index >= 15 is 0 Å². The molecular formula is C16H26N2O3. The van der Waals surface area contributed by atoms with Crippen LogP contribution in [0.5, 0.6) is 0 Å². The highest BCUT2D eigenvalue weighted by Crippen LogP contribution is 2.03. The van der Waals surface area contributed by atoms with Crippen molar-refractivity contribution in [1.82, 2.24) is 5.32 Å². The summed E-state index contributed by atoms with van der Waals surface area (Å²) in [6.07, 6.45) is 2.52.